The number of rotatable bonds is 15. The zero-order valence-corrected chi connectivity index (χ0v) is 26.9. The molecule has 0 saturated heterocycles. The lowest BCUT2D eigenvalue weighted by atomic mass is 9.98. The van der Waals surface area contributed by atoms with Crippen molar-refractivity contribution in [2.45, 2.75) is 77.6 Å². The fourth-order valence-corrected chi connectivity index (χ4v) is 6.32. The standard InChI is InChI=1S/C36H40Cl4N/c1-2-3-4-5-6-7-8-9-10-11-12-28-27-32(40)19-26-36(28)41(33-20-13-29(37)14-21-33,34-22-15-30(38)16-23-34)35-24-17-31(39)18-25-35/h13-27H,2-12H2,1H3/q+1. The van der Waals surface area contributed by atoms with Gasteiger partial charge in [0.15, 0.2) is 5.69 Å². The van der Waals surface area contributed by atoms with Crippen LogP contribution in [0.5, 0.6) is 0 Å². The lowest BCUT2D eigenvalue weighted by Gasteiger charge is -2.38. The van der Waals surface area contributed by atoms with E-state index < -0.39 is 0 Å². The number of hydrogen-bond donors (Lipinski definition) is 0. The van der Waals surface area contributed by atoms with Gasteiger partial charge < -0.3 is 0 Å². The maximum atomic E-state index is 6.64. The molecule has 41 heavy (non-hydrogen) atoms. The van der Waals surface area contributed by atoms with E-state index in [4.69, 9.17) is 46.4 Å². The van der Waals surface area contributed by atoms with Gasteiger partial charge in [-0.1, -0.05) is 111 Å². The van der Waals surface area contributed by atoms with Gasteiger partial charge in [-0.05, 0) is 61.4 Å². The van der Waals surface area contributed by atoms with Crippen LogP contribution in [0.15, 0.2) is 91.0 Å². The van der Waals surface area contributed by atoms with Crippen LogP contribution in [0.1, 0.15) is 76.7 Å². The molecule has 0 N–H and O–H groups in total. The number of hydrogen-bond acceptors (Lipinski definition) is 0. The van der Waals surface area contributed by atoms with Gasteiger partial charge in [-0.15, -0.1) is 0 Å². The monoisotopic (exact) mass is 626 g/mol. The second-order valence-corrected chi connectivity index (χ2v) is 12.6. The molecule has 0 amide bonds. The molecular formula is C36H40Cl4N+. The van der Waals surface area contributed by atoms with E-state index in [-0.39, 0.29) is 0 Å². The molecule has 0 unspecified atom stereocenters. The van der Waals surface area contributed by atoms with Gasteiger partial charge in [0.05, 0.1) is 0 Å². The molecule has 0 spiro atoms. The number of benzene rings is 4. The van der Waals surface area contributed by atoms with Crippen LogP contribution in [0.3, 0.4) is 0 Å². The average Bonchev–Trinajstić information content (AvgIpc) is 2.97. The Balaban J connectivity index is 1.71. The summed E-state index contributed by atoms with van der Waals surface area (Å²) >= 11 is 25.8. The van der Waals surface area contributed by atoms with Crippen molar-refractivity contribution in [3.63, 3.8) is 0 Å². The van der Waals surface area contributed by atoms with Crippen molar-refractivity contribution in [1.82, 2.24) is 4.48 Å². The van der Waals surface area contributed by atoms with Crippen LogP contribution in [-0.2, 0) is 6.42 Å². The Bertz CT molecular complexity index is 1240. The Labute approximate surface area is 266 Å². The Morgan fingerprint density at radius 3 is 1.22 bits per heavy atom. The van der Waals surface area contributed by atoms with Crippen molar-refractivity contribution in [1.29, 1.82) is 0 Å². The van der Waals surface area contributed by atoms with Crippen molar-refractivity contribution in [2.75, 3.05) is 0 Å². The third-order valence-corrected chi connectivity index (χ3v) is 8.84. The molecule has 0 radical (unpaired) electrons. The van der Waals surface area contributed by atoms with E-state index in [1.165, 1.54) is 63.4 Å². The van der Waals surface area contributed by atoms with Crippen LogP contribution in [-0.4, -0.2) is 0 Å². The SMILES string of the molecule is CCCCCCCCCCCCc1cc(Cl)ccc1[N+](c1ccc(Cl)cc1)(c1ccc(Cl)cc1)c1ccc(Cl)cc1. The Hall–Kier alpha value is -2.00. The average molecular weight is 629 g/mol. The van der Waals surface area contributed by atoms with Gasteiger partial charge in [0.25, 0.3) is 0 Å². The highest BCUT2D eigenvalue weighted by Crippen LogP contribution is 2.53. The van der Waals surface area contributed by atoms with Crippen molar-refractivity contribution in [3.8, 4) is 0 Å². The molecule has 216 valence electrons. The smallest absolute Gasteiger partial charge is 0.151 e. The van der Waals surface area contributed by atoms with Crippen LogP contribution in [0.2, 0.25) is 20.1 Å². The van der Waals surface area contributed by atoms with Crippen LogP contribution in [0.25, 0.3) is 0 Å². The molecule has 5 heteroatoms. The predicted molar refractivity (Wildman–Crippen MR) is 182 cm³/mol. The molecule has 0 aliphatic heterocycles. The molecule has 0 bridgehead atoms. The summed E-state index contributed by atoms with van der Waals surface area (Å²) in [6, 6.07) is 30.6. The molecule has 0 aliphatic rings. The highest BCUT2D eigenvalue weighted by atomic mass is 35.5. The van der Waals surface area contributed by atoms with Crippen molar-refractivity contribution < 1.29 is 0 Å². The summed E-state index contributed by atoms with van der Waals surface area (Å²) in [5.74, 6) is 0. The Morgan fingerprint density at radius 1 is 0.439 bits per heavy atom. The number of halogens is 4. The summed E-state index contributed by atoms with van der Waals surface area (Å²) < 4.78 is 0.357. The number of aryl methyl sites for hydroxylation is 1. The second kappa shape index (κ2) is 16.0. The van der Waals surface area contributed by atoms with Crippen LogP contribution >= 0.6 is 46.4 Å². The van der Waals surface area contributed by atoms with E-state index >= 15 is 0 Å². The van der Waals surface area contributed by atoms with Gasteiger partial charge in [-0.2, -0.15) is 4.48 Å². The highest BCUT2D eigenvalue weighted by Gasteiger charge is 2.41. The first-order valence-electron chi connectivity index (χ1n) is 14.9. The maximum absolute atomic E-state index is 6.64. The first-order valence-corrected chi connectivity index (χ1v) is 16.4. The predicted octanol–water partition coefficient (Wildman–Crippen LogP) is 14.1. The van der Waals surface area contributed by atoms with E-state index in [9.17, 15) is 0 Å². The molecule has 0 fully saturated rings. The summed E-state index contributed by atoms with van der Waals surface area (Å²) in [6.07, 6.45) is 14.0. The van der Waals surface area contributed by atoms with Gasteiger partial charge in [0.1, 0.15) is 17.1 Å². The van der Waals surface area contributed by atoms with E-state index in [1.807, 2.05) is 42.5 Å². The summed E-state index contributed by atoms with van der Waals surface area (Å²) in [5.41, 5.74) is 5.57. The molecule has 0 aromatic heterocycles. The molecule has 0 heterocycles. The fourth-order valence-electron chi connectivity index (χ4n) is 5.74. The first kappa shape index (κ1) is 31.9. The summed E-state index contributed by atoms with van der Waals surface area (Å²) in [6.45, 7) is 2.27. The third kappa shape index (κ3) is 8.31. The van der Waals surface area contributed by atoms with E-state index in [1.54, 1.807) is 0 Å². The minimum atomic E-state index is 0.357. The zero-order valence-electron chi connectivity index (χ0n) is 23.9. The van der Waals surface area contributed by atoms with Crippen LogP contribution in [0, 0.1) is 0 Å². The van der Waals surface area contributed by atoms with E-state index in [0.29, 0.717) is 19.6 Å². The number of nitrogens with zero attached hydrogens (tertiary/aromatic N) is 1. The molecule has 1 nitrogen and oxygen atoms in total. The van der Waals surface area contributed by atoms with Crippen LogP contribution in [0.4, 0.5) is 22.7 Å². The van der Waals surface area contributed by atoms with Gasteiger partial charge in [0.2, 0.25) is 0 Å². The lowest BCUT2D eigenvalue weighted by molar-refractivity contribution is 0.555. The highest BCUT2D eigenvalue weighted by molar-refractivity contribution is 6.31. The quantitative estimate of drug-likeness (QED) is 0.0908. The molecule has 4 aromatic carbocycles. The molecular weight excluding hydrogens is 588 g/mol. The summed E-state index contributed by atoms with van der Waals surface area (Å²) in [4.78, 5) is 0. The van der Waals surface area contributed by atoms with Crippen molar-refractivity contribution in [3.05, 3.63) is 117 Å². The van der Waals surface area contributed by atoms with Gasteiger partial charge in [-0.25, -0.2) is 0 Å². The maximum Gasteiger partial charge on any atom is 0.151 e. The number of quaternary nitrogens is 1. The fraction of sp³-hybridized carbons (Fsp3) is 0.333. The van der Waals surface area contributed by atoms with Gasteiger partial charge >= 0.3 is 0 Å². The van der Waals surface area contributed by atoms with E-state index in [0.717, 1.165) is 40.6 Å². The Kier molecular flexibility index (Phi) is 12.5. The normalized spacial score (nSPS) is 11.6. The number of unbranched alkanes of at least 4 members (excludes halogenated alkanes) is 9. The molecule has 0 atom stereocenters. The van der Waals surface area contributed by atoms with Gasteiger partial charge in [-0.3, -0.25) is 0 Å². The molecule has 4 rings (SSSR count). The third-order valence-electron chi connectivity index (χ3n) is 7.84. The topological polar surface area (TPSA) is 0 Å². The summed E-state index contributed by atoms with van der Waals surface area (Å²) in [7, 11) is 0. The first-order chi connectivity index (χ1) is 19.9. The van der Waals surface area contributed by atoms with Crippen molar-refractivity contribution >= 4 is 69.2 Å². The van der Waals surface area contributed by atoms with Crippen molar-refractivity contribution in [2.24, 2.45) is 0 Å². The van der Waals surface area contributed by atoms with Gasteiger partial charge in [0, 0.05) is 68.1 Å². The van der Waals surface area contributed by atoms with E-state index in [2.05, 4.69) is 55.5 Å². The molecule has 0 saturated carbocycles. The molecule has 4 aromatic rings. The van der Waals surface area contributed by atoms with Crippen LogP contribution < -0.4 is 4.48 Å². The zero-order chi connectivity index (χ0) is 29.1. The minimum Gasteiger partial charge on any atom is -0.194 e. The second-order valence-electron chi connectivity index (χ2n) is 10.8. The Morgan fingerprint density at radius 2 is 0.805 bits per heavy atom. The summed E-state index contributed by atoms with van der Waals surface area (Å²) in [5, 5.41) is 2.83. The largest absolute Gasteiger partial charge is 0.194 e. The lowest BCUT2D eigenvalue weighted by Crippen LogP contribution is -2.34. The molecule has 0 aliphatic carbocycles. The minimum absolute atomic E-state index is 0.357.